The van der Waals surface area contributed by atoms with Crippen molar-refractivity contribution in [1.82, 2.24) is 15.5 Å². The molecule has 0 saturated heterocycles. The van der Waals surface area contributed by atoms with E-state index in [0.717, 1.165) is 12.1 Å². The third-order valence-electron chi connectivity index (χ3n) is 2.75. The predicted octanol–water partition coefficient (Wildman–Crippen LogP) is 2.08. The van der Waals surface area contributed by atoms with Gasteiger partial charge in [0.2, 0.25) is 5.89 Å². The molecule has 0 bridgehead atoms. The fourth-order valence-corrected chi connectivity index (χ4v) is 1.81. The highest BCUT2D eigenvalue weighted by Gasteiger charge is 2.12. The summed E-state index contributed by atoms with van der Waals surface area (Å²) >= 11 is 0. The number of hydrogen-bond donors (Lipinski definition) is 1. The number of benzene rings is 1. The number of nitrogens with one attached hydrogen (secondary N) is 1. The second-order valence-electron chi connectivity index (χ2n) is 4.23. The van der Waals surface area contributed by atoms with E-state index in [-0.39, 0.29) is 6.61 Å². The predicted molar refractivity (Wildman–Crippen MR) is 73.7 cm³/mol. The molecule has 2 aromatic rings. The van der Waals surface area contributed by atoms with Crippen LogP contribution in [0.1, 0.15) is 24.3 Å². The Balaban J connectivity index is 2.14. The summed E-state index contributed by atoms with van der Waals surface area (Å²) in [7, 11) is 1.62. The third-order valence-corrected chi connectivity index (χ3v) is 2.75. The molecule has 0 unspecified atom stereocenters. The van der Waals surface area contributed by atoms with Gasteiger partial charge >= 0.3 is 0 Å². The molecule has 0 saturated carbocycles. The zero-order valence-electron chi connectivity index (χ0n) is 12.0. The van der Waals surface area contributed by atoms with E-state index in [1.165, 1.54) is 0 Å². The van der Waals surface area contributed by atoms with Gasteiger partial charge in [0, 0.05) is 19.0 Å². The van der Waals surface area contributed by atoms with Crippen molar-refractivity contribution in [2.24, 2.45) is 0 Å². The molecule has 0 radical (unpaired) electrons. The molecule has 0 aliphatic carbocycles. The summed E-state index contributed by atoms with van der Waals surface area (Å²) in [6.45, 7) is 5.63. The van der Waals surface area contributed by atoms with Crippen LogP contribution in [0.15, 0.2) is 22.6 Å². The van der Waals surface area contributed by atoms with Crippen molar-refractivity contribution in [3.05, 3.63) is 35.5 Å². The lowest BCUT2D eigenvalue weighted by atomic mass is 10.2. The fraction of sp³-hybridized carbons (Fsp3) is 0.429. The monoisotopic (exact) mass is 277 g/mol. The quantitative estimate of drug-likeness (QED) is 0.835. The Morgan fingerprint density at radius 1 is 1.30 bits per heavy atom. The summed E-state index contributed by atoms with van der Waals surface area (Å²) in [6, 6.07) is 5.80. The van der Waals surface area contributed by atoms with Gasteiger partial charge in [-0.25, -0.2) is 0 Å². The normalized spacial score (nSPS) is 10.6. The van der Waals surface area contributed by atoms with Crippen molar-refractivity contribution in [2.45, 2.75) is 27.0 Å². The maximum atomic E-state index is 5.79. The topological polar surface area (TPSA) is 69.4 Å². The third kappa shape index (κ3) is 3.48. The van der Waals surface area contributed by atoms with Gasteiger partial charge in [-0.05, 0) is 12.6 Å². The minimum atomic E-state index is 0.223. The van der Waals surface area contributed by atoms with E-state index in [9.17, 15) is 0 Å². The van der Waals surface area contributed by atoms with Gasteiger partial charge in [0.05, 0.1) is 7.11 Å². The first-order valence-electron chi connectivity index (χ1n) is 6.53. The molecule has 0 amide bonds. The Bertz CT molecular complexity index is 554. The van der Waals surface area contributed by atoms with E-state index in [4.69, 9.17) is 13.9 Å². The first kappa shape index (κ1) is 14.3. The van der Waals surface area contributed by atoms with E-state index in [1.54, 1.807) is 14.0 Å². The van der Waals surface area contributed by atoms with Crippen LogP contribution in [0.3, 0.4) is 0 Å². The number of para-hydroxylation sites is 1. The highest BCUT2D eigenvalue weighted by atomic mass is 16.5. The van der Waals surface area contributed by atoms with Gasteiger partial charge in [-0.2, -0.15) is 0 Å². The lowest BCUT2D eigenvalue weighted by Crippen LogP contribution is -2.13. The van der Waals surface area contributed by atoms with E-state index in [1.807, 2.05) is 18.2 Å². The van der Waals surface area contributed by atoms with E-state index in [2.05, 4.69) is 22.4 Å². The van der Waals surface area contributed by atoms with E-state index in [0.29, 0.717) is 29.8 Å². The van der Waals surface area contributed by atoms with Crippen LogP contribution >= 0.6 is 0 Å². The van der Waals surface area contributed by atoms with Crippen LogP contribution in [0.5, 0.6) is 11.5 Å². The Labute approximate surface area is 118 Å². The van der Waals surface area contributed by atoms with Gasteiger partial charge in [0.1, 0.15) is 0 Å². The number of aryl methyl sites for hydroxylation is 1. The van der Waals surface area contributed by atoms with E-state index >= 15 is 0 Å². The van der Waals surface area contributed by atoms with Crippen molar-refractivity contribution in [1.29, 1.82) is 0 Å². The number of rotatable bonds is 7. The van der Waals surface area contributed by atoms with Gasteiger partial charge in [0.25, 0.3) is 5.89 Å². The molecule has 0 spiro atoms. The van der Waals surface area contributed by atoms with E-state index < -0.39 is 0 Å². The van der Waals surface area contributed by atoms with Gasteiger partial charge in [-0.3, -0.25) is 0 Å². The zero-order valence-corrected chi connectivity index (χ0v) is 12.0. The number of methoxy groups -OCH3 is 1. The van der Waals surface area contributed by atoms with Gasteiger partial charge in [-0.15, -0.1) is 10.2 Å². The van der Waals surface area contributed by atoms with Crippen LogP contribution in [0.25, 0.3) is 0 Å². The molecule has 0 fully saturated rings. The van der Waals surface area contributed by atoms with Crippen LogP contribution in [-0.2, 0) is 13.2 Å². The number of ether oxygens (including phenoxy) is 2. The van der Waals surface area contributed by atoms with Crippen LogP contribution < -0.4 is 14.8 Å². The first-order chi connectivity index (χ1) is 9.74. The molecular weight excluding hydrogens is 258 g/mol. The molecule has 1 aromatic heterocycles. The average Bonchev–Trinajstić information content (AvgIpc) is 2.88. The molecule has 0 aliphatic heterocycles. The Hall–Kier alpha value is -2.08. The van der Waals surface area contributed by atoms with Crippen LogP contribution in [0, 0.1) is 6.92 Å². The summed E-state index contributed by atoms with van der Waals surface area (Å²) in [6.07, 6.45) is 0. The molecule has 108 valence electrons. The smallest absolute Gasteiger partial charge is 0.253 e. The van der Waals surface area contributed by atoms with Crippen LogP contribution in [0.4, 0.5) is 0 Å². The largest absolute Gasteiger partial charge is 0.493 e. The number of nitrogens with zero attached hydrogens (tertiary/aromatic N) is 2. The number of hydrogen-bond acceptors (Lipinski definition) is 6. The van der Waals surface area contributed by atoms with Gasteiger partial charge < -0.3 is 19.2 Å². The lowest BCUT2D eigenvalue weighted by Gasteiger charge is -2.14. The summed E-state index contributed by atoms with van der Waals surface area (Å²) in [4.78, 5) is 0. The molecule has 2 rings (SSSR count). The molecule has 1 heterocycles. The average molecular weight is 277 g/mol. The maximum Gasteiger partial charge on any atom is 0.253 e. The molecule has 20 heavy (non-hydrogen) atoms. The maximum absolute atomic E-state index is 5.79. The molecule has 0 atom stereocenters. The first-order valence-corrected chi connectivity index (χ1v) is 6.53. The summed E-state index contributed by atoms with van der Waals surface area (Å²) in [5.74, 6) is 2.36. The molecule has 6 heteroatoms. The summed E-state index contributed by atoms with van der Waals surface area (Å²) in [5.41, 5.74) is 1.03. The molecule has 1 N–H and O–H groups in total. The molecule has 1 aromatic carbocycles. The lowest BCUT2D eigenvalue weighted by molar-refractivity contribution is 0.245. The highest BCUT2D eigenvalue weighted by molar-refractivity contribution is 5.46. The van der Waals surface area contributed by atoms with Crippen molar-refractivity contribution in [2.75, 3.05) is 13.7 Å². The minimum absolute atomic E-state index is 0.223. The Kier molecular flexibility index (Phi) is 4.95. The SMILES string of the molecule is CCNCc1cccc(OC)c1OCc1nnc(C)o1. The second kappa shape index (κ2) is 6.91. The fourth-order valence-electron chi connectivity index (χ4n) is 1.81. The zero-order chi connectivity index (χ0) is 14.4. The highest BCUT2D eigenvalue weighted by Crippen LogP contribution is 2.31. The molecule has 0 aliphatic rings. The second-order valence-corrected chi connectivity index (χ2v) is 4.23. The minimum Gasteiger partial charge on any atom is -0.493 e. The van der Waals surface area contributed by atoms with Crippen molar-refractivity contribution in [3.8, 4) is 11.5 Å². The van der Waals surface area contributed by atoms with Crippen molar-refractivity contribution >= 4 is 0 Å². The Morgan fingerprint density at radius 3 is 2.80 bits per heavy atom. The number of aromatic nitrogens is 2. The Morgan fingerprint density at radius 2 is 2.15 bits per heavy atom. The summed E-state index contributed by atoms with van der Waals surface area (Å²) < 4.78 is 16.4. The standard InChI is InChI=1S/C14H19N3O3/c1-4-15-8-11-6-5-7-12(18-3)14(11)19-9-13-17-16-10(2)20-13/h5-7,15H,4,8-9H2,1-3H3. The molecule has 6 nitrogen and oxygen atoms in total. The van der Waals surface area contributed by atoms with Crippen LogP contribution in [-0.4, -0.2) is 23.9 Å². The summed E-state index contributed by atoms with van der Waals surface area (Å²) in [5, 5.41) is 11.0. The van der Waals surface area contributed by atoms with Crippen molar-refractivity contribution in [3.63, 3.8) is 0 Å². The van der Waals surface area contributed by atoms with Gasteiger partial charge in [-0.1, -0.05) is 19.1 Å². The van der Waals surface area contributed by atoms with Crippen molar-refractivity contribution < 1.29 is 13.9 Å². The van der Waals surface area contributed by atoms with Gasteiger partial charge in [0.15, 0.2) is 18.1 Å². The molecular formula is C14H19N3O3. The van der Waals surface area contributed by atoms with Crippen LogP contribution in [0.2, 0.25) is 0 Å².